The highest BCUT2D eigenvalue weighted by molar-refractivity contribution is 6.36. The second kappa shape index (κ2) is 5.61. The van der Waals surface area contributed by atoms with E-state index >= 15 is 0 Å². The lowest BCUT2D eigenvalue weighted by molar-refractivity contribution is 0.419. The van der Waals surface area contributed by atoms with Crippen molar-refractivity contribution in [3.63, 3.8) is 0 Å². The topological polar surface area (TPSA) is 71.1 Å². The molecule has 0 fully saturated rings. The summed E-state index contributed by atoms with van der Waals surface area (Å²) in [6.07, 6.45) is 0.173. The van der Waals surface area contributed by atoms with E-state index in [0.717, 1.165) is 0 Å². The number of aromatic hydroxyl groups is 1. The average Bonchev–Trinajstić information content (AvgIpc) is 2.63. The second-order valence-corrected chi connectivity index (χ2v) is 4.98. The number of ether oxygens (including phenoxy) is 1. The zero-order chi connectivity index (χ0) is 14.9. The number of nitriles is 1. The minimum absolute atomic E-state index is 0.133. The Morgan fingerprint density at radius 1 is 1.40 bits per heavy atom. The molecule has 0 saturated carbocycles. The molecule has 2 aromatic rings. The van der Waals surface area contributed by atoms with Gasteiger partial charge in [-0.1, -0.05) is 23.2 Å². The number of halogens is 2. The zero-order valence-electron chi connectivity index (χ0n) is 10.8. The van der Waals surface area contributed by atoms with Gasteiger partial charge < -0.3 is 9.84 Å². The van der Waals surface area contributed by atoms with Crippen molar-refractivity contribution in [1.82, 2.24) is 9.78 Å². The molecule has 7 heteroatoms. The van der Waals surface area contributed by atoms with Gasteiger partial charge in [0.15, 0.2) is 5.75 Å². The number of nitrogens with zero attached hydrogens (tertiary/aromatic N) is 3. The predicted molar refractivity (Wildman–Crippen MR) is 75.5 cm³/mol. The van der Waals surface area contributed by atoms with Crippen LogP contribution in [0.15, 0.2) is 12.1 Å². The Hall–Kier alpha value is -1.90. The molecule has 104 valence electrons. The third kappa shape index (κ3) is 2.67. The maximum atomic E-state index is 9.60. The first-order chi connectivity index (χ1) is 9.43. The Morgan fingerprint density at radius 3 is 2.75 bits per heavy atom. The summed E-state index contributed by atoms with van der Waals surface area (Å²) in [5.41, 5.74) is 1.39. The summed E-state index contributed by atoms with van der Waals surface area (Å²) in [4.78, 5) is 0. The monoisotopic (exact) mass is 311 g/mol. The van der Waals surface area contributed by atoms with E-state index in [0.29, 0.717) is 17.1 Å². The van der Waals surface area contributed by atoms with Crippen LogP contribution in [-0.2, 0) is 13.5 Å². The number of hydrogen-bond donors (Lipinski definition) is 1. The Morgan fingerprint density at radius 2 is 2.10 bits per heavy atom. The Labute approximate surface area is 125 Å². The van der Waals surface area contributed by atoms with Gasteiger partial charge >= 0.3 is 0 Å². The normalized spacial score (nSPS) is 10.3. The maximum absolute atomic E-state index is 9.60. The van der Waals surface area contributed by atoms with E-state index in [1.807, 2.05) is 0 Å². The SMILES string of the molecule is Cc1nn(C)c(Oc2cc(O)c(Cl)cc2Cl)c1CC#N. The number of aryl methyl sites for hydroxylation is 2. The van der Waals surface area contributed by atoms with Gasteiger partial charge in [0.2, 0.25) is 5.88 Å². The van der Waals surface area contributed by atoms with Gasteiger partial charge in [0.25, 0.3) is 0 Å². The van der Waals surface area contributed by atoms with E-state index in [-0.39, 0.29) is 28.0 Å². The number of phenolic OH excluding ortho intramolecular Hbond substituents is 1. The van der Waals surface area contributed by atoms with Crippen LogP contribution in [0.2, 0.25) is 10.0 Å². The molecule has 2 rings (SSSR count). The summed E-state index contributed by atoms with van der Waals surface area (Å²) >= 11 is 11.8. The molecule has 1 aromatic heterocycles. The van der Waals surface area contributed by atoms with Gasteiger partial charge in [0.05, 0.1) is 33.8 Å². The summed E-state index contributed by atoms with van der Waals surface area (Å²) in [6.45, 7) is 1.79. The third-order valence-electron chi connectivity index (χ3n) is 2.75. The number of hydrogen-bond acceptors (Lipinski definition) is 4. The van der Waals surface area contributed by atoms with Crippen LogP contribution in [0.3, 0.4) is 0 Å². The van der Waals surface area contributed by atoms with E-state index in [2.05, 4.69) is 11.2 Å². The zero-order valence-corrected chi connectivity index (χ0v) is 12.3. The largest absolute Gasteiger partial charge is 0.506 e. The maximum Gasteiger partial charge on any atom is 0.222 e. The van der Waals surface area contributed by atoms with E-state index in [9.17, 15) is 5.11 Å². The van der Waals surface area contributed by atoms with E-state index in [4.69, 9.17) is 33.2 Å². The number of phenols is 1. The molecule has 20 heavy (non-hydrogen) atoms. The van der Waals surface area contributed by atoms with E-state index < -0.39 is 0 Å². The van der Waals surface area contributed by atoms with Gasteiger partial charge in [-0.25, -0.2) is 4.68 Å². The van der Waals surface area contributed by atoms with Gasteiger partial charge in [-0.3, -0.25) is 0 Å². The van der Waals surface area contributed by atoms with Gasteiger partial charge in [-0.05, 0) is 13.0 Å². The lowest BCUT2D eigenvalue weighted by Crippen LogP contribution is -1.97. The highest BCUT2D eigenvalue weighted by Gasteiger charge is 2.17. The van der Waals surface area contributed by atoms with Crippen molar-refractivity contribution in [3.05, 3.63) is 33.4 Å². The van der Waals surface area contributed by atoms with Crippen LogP contribution in [0.1, 0.15) is 11.3 Å². The fourth-order valence-corrected chi connectivity index (χ4v) is 2.21. The molecule has 0 unspecified atom stereocenters. The Balaban J connectivity index is 2.45. The highest BCUT2D eigenvalue weighted by atomic mass is 35.5. The number of benzene rings is 1. The van der Waals surface area contributed by atoms with Gasteiger partial charge in [-0.15, -0.1) is 0 Å². The molecule has 0 aliphatic carbocycles. The quantitative estimate of drug-likeness (QED) is 0.940. The average molecular weight is 312 g/mol. The van der Waals surface area contributed by atoms with Crippen LogP contribution in [0.5, 0.6) is 17.4 Å². The van der Waals surface area contributed by atoms with Crippen LogP contribution < -0.4 is 4.74 Å². The molecule has 0 aliphatic rings. The standard InChI is InChI=1S/C13H11Cl2N3O2/c1-7-8(3-4-16)13(18(2)17-7)20-12-6-11(19)9(14)5-10(12)15/h5-6,19H,3H2,1-2H3. The van der Waals surface area contributed by atoms with Gasteiger partial charge in [0, 0.05) is 13.1 Å². The second-order valence-electron chi connectivity index (χ2n) is 4.16. The summed E-state index contributed by atoms with van der Waals surface area (Å²) in [5.74, 6) is 0.523. The van der Waals surface area contributed by atoms with Crippen molar-refractivity contribution >= 4 is 23.2 Å². The molecular weight excluding hydrogens is 301 g/mol. The van der Waals surface area contributed by atoms with Crippen molar-refractivity contribution < 1.29 is 9.84 Å². The molecule has 1 N–H and O–H groups in total. The van der Waals surface area contributed by atoms with Crippen molar-refractivity contribution in [1.29, 1.82) is 5.26 Å². The highest BCUT2D eigenvalue weighted by Crippen LogP contribution is 2.38. The van der Waals surface area contributed by atoms with E-state index in [1.165, 1.54) is 16.8 Å². The van der Waals surface area contributed by atoms with E-state index in [1.54, 1.807) is 14.0 Å². The Kier molecular flexibility index (Phi) is 4.07. The van der Waals surface area contributed by atoms with Crippen LogP contribution in [0, 0.1) is 18.3 Å². The lowest BCUT2D eigenvalue weighted by Gasteiger charge is -2.10. The summed E-state index contributed by atoms with van der Waals surface area (Å²) in [5, 5.41) is 23.1. The predicted octanol–water partition coefficient (Wildman–Crippen LogP) is 3.60. The minimum atomic E-state index is -0.133. The van der Waals surface area contributed by atoms with Crippen LogP contribution in [-0.4, -0.2) is 14.9 Å². The Bertz CT molecular complexity index is 705. The molecule has 0 radical (unpaired) electrons. The van der Waals surface area contributed by atoms with Crippen molar-refractivity contribution in [3.8, 4) is 23.4 Å². The first-order valence-electron chi connectivity index (χ1n) is 5.69. The molecule has 1 heterocycles. The molecule has 0 atom stereocenters. The summed E-state index contributed by atoms with van der Waals surface area (Å²) in [6, 6.07) is 4.78. The first kappa shape index (κ1) is 14.5. The van der Waals surface area contributed by atoms with Crippen LogP contribution in [0.25, 0.3) is 0 Å². The number of rotatable bonds is 3. The van der Waals surface area contributed by atoms with Gasteiger partial charge in [-0.2, -0.15) is 10.4 Å². The van der Waals surface area contributed by atoms with Crippen molar-refractivity contribution in [2.24, 2.45) is 7.05 Å². The molecule has 0 aliphatic heterocycles. The lowest BCUT2D eigenvalue weighted by atomic mass is 10.2. The third-order valence-corrected chi connectivity index (χ3v) is 3.35. The molecular formula is C13H11Cl2N3O2. The molecule has 5 nitrogen and oxygen atoms in total. The first-order valence-corrected chi connectivity index (χ1v) is 6.45. The molecule has 1 aromatic carbocycles. The summed E-state index contributed by atoms with van der Waals surface area (Å²) < 4.78 is 7.20. The molecule has 0 spiro atoms. The molecule has 0 bridgehead atoms. The van der Waals surface area contributed by atoms with Crippen molar-refractivity contribution in [2.45, 2.75) is 13.3 Å². The summed E-state index contributed by atoms with van der Waals surface area (Å²) in [7, 11) is 1.70. The fraction of sp³-hybridized carbons (Fsp3) is 0.231. The van der Waals surface area contributed by atoms with Gasteiger partial charge in [0.1, 0.15) is 5.75 Å². The fourth-order valence-electron chi connectivity index (χ4n) is 1.79. The minimum Gasteiger partial charge on any atom is -0.506 e. The number of aromatic nitrogens is 2. The molecule has 0 amide bonds. The van der Waals surface area contributed by atoms with Crippen molar-refractivity contribution in [2.75, 3.05) is 0 Å². The van der Waals surface area contributed by atoms with Crippen LogP contribution in [0.4, 0.5) is 0 Å². The van der Waals surface area contributed by atoms with Crippen LogP contribution >= 0.6 is 23.2 Å². The smallest absolute Gasteiger partial charge is 0.222 e. The molecule has 0 saturated heterocycles.